The molecular weight excluding hydrogens is 228 g/mol. The average Bonchev–Trinajstić information content (AvgIpc) is 2.65. The van der Waals surface area contributed by atoms with Crippen molar-refractivity contribution in [1.29, 1.82) is 0 Å². The SMILES string of the molecule is Cc1ccc(C(O)c2ccc(Cl)s2)cc1. The normalized spacial score (nSPS) is 12.7. The number of rotatable bonds is 2. The molecule has 1 unspecified atom stereocenters. The number of thiophene rings is 1. The Hall–Kier alpha value is -0.830. The summed E-state index contributed by atoms with van der Waals surface area (Å²) in [4.78, 5) is 0.879. The monoisotopic (exact) mass is 238 g/mol. The molecular formula is C12H11ClOS. The molecule has 0 aliphatic rings. The molecule has 0 bridgehead atoms. The van der Waals surface area contributed by atoms with Crippen molar-refractivity contribution in [2.24, 2.45) is 0 Å². The Balaban J connectivity index is 2.28. The molecule has 1 N–H and O–H groups in total. The summed E-state index contributed by atoms with van der Waals surface area (Å²) < 4.78 is 0.705. The minimum Gasteiger partial charge on any atom is -0.383 e. The van der Waals surface area contributed by atoms with Crippen LogP contribution in [-0.2, 0) is 0 Å². The van der Waals surface area contributed by atoms with Crippen molar-refractivity contribution in [2.45, 2.75) is 13.0 Å². The Morgan fingerprint density at radius 3 is 2.33 bits per heavy atom. The van der Waals surface area contributed by atoms with Crippen LogP contribution in [0.1, 0.15) is 22.1 Å². The van der Waals surface area contributed by atoms with Crippen LogP contribution in [0.15, 0.2) is 36.4 Å². The quantitative estimate of drug-likeness (QED) is 0.844. The van der Waals surface area contributed by atoms with Gasteiger partial charge in [-0.1, -0.05) is 41.4 Å². The topological polar surface area (TPSA) is 20.2 Å². The van der Waals surface area contributed by atoms with Gasteiger partial charge in [0.15, 0.2) is 0 Å². The Morgan fingerprint density at radius 1 is 1.13 bits per heavy atom. The summed E-state index contributed by atoms with van der Waals surface area (Å²) in [5, 5.41) is 10.0. The Kier molecular flexibility index (Phi) is 3.10. The third-order valence-corrected chi connectivity index (χ3v) is 3.54. The van der Waals surface area contributed by atoms with Crippen molar-refractivity contribution in [2.75, 3.05) is 0 Å². The molecule has 0 aliphatic heterocycles. The van der Waals surface area contributed by atoms with E-state index in [-0.39, 0.29) is 0 Å². The molecule has 78 valence electrons. The highest BCUT2D eigenvalue weighted by molar-refractivity contribution is 7.16. The third kappa shape index (κ3) is 2.40. The summed E-state index contributed by atoms with van der Waals surface area (Å²) >= 11 is 7.23. The smallest absolute Gasteiger partial charge is 0.113 e. The van der Waals surface area contributed by atoms with E-state index >= 15 is 0 Å². The van der Waals surface area contributed by atoms with E-state index in [1.807, 2.05) is 37.3 Å². The van der Waals surface area contributed by atoms with Crippen LogP contribution in [0.2, 0.25) is 4.34 Å². The van der Waals surface area contributed by atoms with Gasteiger partial charge in [0.25, 0.3) is 0 Å². The summed E-state index contributed by atoms with van der Waals surface area (Å²) in [5.74, 6) is 0. The molecule has 15 heavy (non-hydrogen) atoms. The molecule has 0 radical (unpaired) electrons. The first-order valence-electron chi connectivity index (χ1n) is 4.66. The van der Waals surface area contributed by atoms with E-state index in [9.17, 15) is 5.11 Å². The maximum atomic E-state index is 10.0. The zero-order valence-corrected chi connectivity index (χ0v) is 9.85. The highest BCUT2D eigenvalue weighted by atomic mass is 35.5. The van der Waals surface area contributed by atoms with Gasteiger partial charge in [0.1, 0.15) is 6.10 Å². The second-order valence-corrected chi connectivity index (χ2v) is 5.20. The summed E-state index contributed by atoms with van der Waals surface area (Å²) in [6, 6.07) is 11.5. The van der Waals surface area contributed by atoms with Gasteiger partial charge in [-0.05, 0) is 24.6 Å². The van der Waals surface area contributed by atoms with Crippen molar-refractivity contribution in [3.8, 4) is 0 Å². The Bertz CT molecular complexity index is 447. The first kappa shape index (κ1) is 10.7. The molecule has 3 heteroatoms. The standard InChI is InChI=1S/C12H11ClOS/c1-8-2-4-9(5-3-8)12(14)10-6-7-11(13)15-10/h2-7,12,14H,1H3. The number of hydrogen-bond donors (Lipinski definition) is 1. The van der Waals surface area contributed by atoms with Gasteiger partial charge in [0.2, 0.25) is 0 Å². The molecule has 1 nitrogen and oxygen atoms in total. The number of aliphatic hydroxyl groups is 1. The summed E-state index contributed by atoms with van der Waals surface area (Å²) in [5.41, 5.74) is 2.09. The number of benzene rings is 1. The van der Waals surface area contributed by atoms with Gasteiger partial charge in [-0.15, -0.1) is 11.3 Å². The molecule has 0 saturated heterocycles. The number of aryl methyl sites for hydroxylation is 1. The third-order valence-electron chi connectivity index (χ3n) is 2.26. The van der Waals surface area contributed by atoms with E-state index in [1.54, 1.807) is 6.07 Å². The predicted octanol–water partition coefficient (Wildman–Crippen LogP) is 3.79. The summed E-state index contributed by atoms with van der Waals surface area (Å²) in [6.07, 6.45) is -0.567. The average molecular weight is 239 g/mol. The van der Waals surface area contributed by atoms with Gasteiger partial charge in [-0.3, -0.25) is 0 Å². The molecule has 2 rings (SSSR count). The van der Waals surface area contributed by atoms with Gasteiger partial charge in [-0.2, -0.15) is 0 Å². The van der Waals surface area contributed by atoms with Gasteiger partial charge in [-0.25, -0.2) is 0 Å². The maximum Gasteiger partial charge on any atom is 0.113 e. The lowest BCUT2D eigenvalue weighted by Crippen LogP contribution is -1.96. The second-order valence-electron chi connectivity index (χ2n) is 3.46. The van der Waals surface area contributed by atoms with Crippen LogP contribution >= 0.6 is 22.9 Å². The largest absolute Gasteiger partial charge is 0.383 e. The molecule has 1 aromatic heterocycles. The minimum atomic E-state index is -0.567. The number of hydrogen-bond acceptors (Lipinski definition) is 2. The number of aliphatic hydroxyl groups excluding tert-OH is 1. The molecule has 0 aliphatic carbocycles. The Morgan fingerprint density at radius 2 is 1.80 bits per heavy atom. The molecule has 0 fully saturated rings. The van der Waals surface area contributed by atoms with Crippen LogP contribution in [0.5, 0.6) is 0 Å². The lowest BCUT2D eigenvalue weighted by atomic mass is 10.1. The van der Waals surface area contributed by atoms with Crippen molar-refractivity contribution >= 4 is 22.9 Å². The molecule has 0 amide bonds. The van der Waals surface area contributed by atoms with Crippen LogP contribution < -0.4 is 0 Å². The fourth-order valence-corrected chi connectivity index (χ4v) is 2.46. The van der Waals surface area contributed by atoms with Crippen LogP contribution in [0.25, 0.3) is 0 Å². The summed E-state index contributed by atoms with van der Waals surface area (Å²) in [7, 11) is 0. The first-order chi connectivity index (χ1) is 7.16. The van der Waals surface area contributed by atoms with Crippen molar-refractivity contribution in [1.82, 2.24) is 0 Å². The fraction of sp³-hybridized carbons (Fsp3) is 0.167. The van der Waals surface area contributed by atoms with Crippen molar-refractivity contribution in [3.63, 3.8) is 0 Å². The molecule has 0 spiro atoms. The minimum absolute atomic E-state index is 0.567. The second kappa shape index (κ2) is 4.35. The molecule has 1 aromatic carbocycles. The summed E-state index contributed by atoms with van der Waals surface area (Å²) in [6.45, 7) is 2.03. The van der Waals surface area contributed by atoms with E-state index in [0.717, 1.165) is 10.4 Å². The predicted molar refractivity (Wildman–Crippen MR) is 64.6 cm³/mol. The van der Waals surface area contributed by atoms with E-state index in [1.165, 1.54) is 16.9 Å². The van der Waals surface area contributed by atoms with Gasteiger partial charge in [0, 0.05) is 4.88 Å². The van der Waals surface area contributed by atoms with E-state index in [2.05, 4.69) is 0 Å². The van der Waals surface area contributed by atoms with Gasteiger partial charge < -0.3 is 5.11 Å². The Labute approximate surface area is 98.0 Å². The molecule has 1 heterocycles. The van der Waals surface area contributed by atoms with E-state index in [0.29, 0.717) is 4.34 Å². The first-order valence-corrected chi connectivity index (χ1v) is 5.86. The molecule has 2 aromatic rings. The van der Waals surface area contributed by atoms with Crippen LogP contribution in [-0.4, -0.2) is 5.11 Å². The lowest BCUT2D eigenvalue weighted by Gasteiger charge is -2.08. The maximum absolute atomic E-state index is 10.0. The lowest BCUT2D eigenvalue weighted by molar-refractivity contribution is 0.224. The van der Waals surface area contributed by atoms with Crippen LogP contribution in [0, 0.1) is 6.92 Å². The van der Waals surface area contributed by atoms with Gasteiger partial charge >= 0.3 is 0 Å². The van der Waals surface area contributed by atoms with Crippen molar-refractivity contribution in [3.05, 3.63) is 56.7 Å². The molecule has 1 atom stereocenters. The fourth-order valence-electron chi connectivity index (χ4n) is 1.39. The zero-order chi connectivity index (χ0) is 10.8. The highest BCUT2D eigenvalue weighted by Gasteiger charge is 2.11. The highest BCUT2D eigenvalue weighted by Crippen LogP contribution is 2.30. The van der Waals surface area contributed by atoms with Crippen molar-refractivity contribution < 1.29 is 5.11 Å². The zero-order valence-electron chi connectivity index (χ0n) is 8.27. The van der Waals surface area contributed by atoms with E-state index < -0.39 is 6.10 Å². The van der Waals surface area contributed by atoms with Crippen LogP contribution in [0.3, 0.4) is 0 Å². The molecule has 0 saturated carbocycles. The van der Waals surface area contributed by atoms with Crippen LogP contribution in [0.4, 0.5) is 0 Å². The number of halogens is 1. The van der Waals surface area contributed by atoms with Gasteiger partial charge in [0.05, 0.1) is 4.34 Å². The van der Waals surface area contributed by atoms with E-state index in [4.69, 9.17) is 11.6 Å².